The number of fused-ring (bicyclic) bond motifs is 1. The van der Waals surface area contributed by atoms with Crippen LogP contribution < -0.4 is 10.9 Å². The second-order valence-corrected chi connectivity index (χ2v) is 6.92. The second-order valence-electron chi connectivity index (χ2n) is 6.92. The predicted octanol–water partition coefficient (Wildman–Crippen LogP) is 0.319. The zero-order chi connectivity index (χ0) is 17.2. The van der Waals surface area contributed by atoms with Gasteiger partial charge < -0.3 is 10.3 Å². The summed E-state index contributed by atoms with van der Waals surface area (Å²) in [5.41, 5.74) is 2.01. The molecule has 2 aliphatic rings. The first-order valence-corrected chi connectivity index (χ1v) is 8.89. The molecule has 1 amide bonds. The van der Waals surface area contributed by atoms with E-state index in [1.165, 1.54) is 0 Å². The van der Waals surface area contributed by atoms with Crippen LogP contribution in [-0.2, 0) is 11.3 Å². The van der Waals surface area contributed by atoms with Crippen LogP contribution in [0.4, 0.5) is 0 Å². The molecule has 0 bridgehead atoms. The highest BCUT2D eigenvalue weighted by Crippen LogP contribution is 2.18. The van der Waals surface area contributed by atoms with Gasteiger partial charge in [-0.2, -0.15) is 0 Å². The average molecular weight is 341 g/mol. The quantitative estimate of drug-likeness (QED) is 0.819. The number of benzene rings is 1. The number of nitrogens with zero attached hydrogens (tertiary/aromatic N) is 3. The summed E-state index contributed by atoms with van der Waals surface area (Å²) in [6, 6.07) is 7.99. The highest BCUT2D eigenvalue weighted by Gasteiger charge is 2.25. The maximum absolute atomic E-state index is 12.2. The number of nitrogens with one attached hydrogen (secondary N) is 2. The summed E-state index contributed by atoms with van der Waals surface area (Å²) in [5.74, 6) is 0.128. The van der Waals surface area contributed by atoms with Crippen LogP contribution in [0.5, 0.6) is 0 Å². The number of amides is 1. The SMILES string of the molecule is O=C(CN1CCN(Cc2nc3ccccc3[nH]c2=O)CC1)NC1CC1. The molecule has 7 nitrogen and oxygen atoms in total. The zero-order valence-electron chi connectivity index (χ0n) is 14.2. The fourth-order valence-electron chi connectivity index (χ4n) is 3.20. The minimum atomic E-state index is -0.120. The highest BCUT2D eigenvalue weighted by molar-refractivity contribution is 5.78. The Morgan fingerprint density at radius 2 is 1.88 bits per heavy atom. The Kier molecular flexibility index (Phi) is 4.50. The van der Waals surface area contributed by atoms with Crippen molar-refractivity contribution in [3.05, 3.63) is 40.3 Å². The van der Waals surface area contributed by atoms with E-state index in [1.54, 1.807) is 0 Å². The normalized spacial score (nSPS) is 19.2. The maximum atomic E-state index is 12.2. The lowest BCUT2D eigenvalue weighted by atomic mass is 10.2. The Bertz CT molecular complexity index is 822. The third kappa shape index (κ3) is 4.05. The Balaban J connectivity index is 1.33. The molecule has 0 atom stereocenters. The van der Waals surface area contributed by atoms with Gasteiger partial charge in [0.15, 0.2) is 0 Å². The first-order chi connectivity index (χ1) is 12.2. The lowest BCUT2D eigenvalue weighted by Gasteiger charge is -2.33. The Morgan fingerprint density at radius 3 is 2.64 bits per heavy atom. The van der Waals surface area contributed by atoms with Gasteiger partial charge in [0.2, 0.25) is 5.91 Å². The van der Waals surface area contributed by atoms with Crippen molar-refractivity contribution in [3.8, 4) is 0 Å². The standard InChI is InChI=1S/C18H23N5O2/c24-17(19-13-5-6-13)12-23-9-7-22(8-10-23)11-16-18(25)21-15-4-2-1-3-14(15)20-16/h1-4,13H,5-12H2,(H,19,24)(H,21,25). The van der Waals surface area contributed by atoms with Gasteiger partial charge in [0.25, 0.3) is 5.56 Å². The molecule has 1 saturated heterocycles. The fraction of sp³-hybridized carbons (Fsp3) is 0.500. The Labute approximate surface area is 146 Å². The number of carbonyl (C=O) groups is 1. The molecule has 2 heterocycles. The monoisotopic (exact) mass is 341 g/mol. The molecule has 4 rings (SSSR count). The third-order valence-electron chi connectivity index (χ3n) is 4.82. The zero-order valence-corrected chi connectivity index (χ0v) is 14.2. The van der Waals surface area contributed by atoms with E-state index in [-0.39, 0.29) is 11.5 Å². The van der Waals surface area contributed by atoms with E-state index in [4.69, 9.17) is 0 Å². The minimum Gasteiger partial charge on any atom is -0.352 e. The van der Waals surface area contributed by atoms with Gasteiger partial charge in [0.05, 0.1) is 17.6 Å². The predicted molar refractivity (Wildman–Crippen MR) is 95.2 cm³/mol. The van der Waals surface area contributed by atoms with Crippen molar-refractivity contribution in [2.75, 3.05) is 32.7 Å². The van der Waals surface area contributed by atoms with Gasteiger partial charge in [0, 0.05) is 38.8 Å². The van der Waals surface area contributed by atoms with Crippen molar-refractivity contribution in [1.82, 2.24) is 25.1 Å². The summed E-state index contributed by atoms with van der Waals surface area (Å²) in [6.45, 7) is 4.36. The van der Waals surface area contributed by atoms with Gasteiger partial charge in [-0.3, -0.25) is 19.4 Å². The van der Waals surface area contributed by atoms with Crippen molar-refractivity contribution in [3.63, 3.8) is 0 Å². The van der Waals surface area contributed by atoms with Crippen molar-refractivity contribution < 1.29 is 4.79 Å². The van der Waals surface area contributed by atoms with Gasteiger partial charge >= 0.3 is 0 Å². The van der Waals surface area contributed by atoms with Crippen LogP contribution >= 0.6 is 0 Å². The molecule has 0 radical (unpaired) electrons. The number of aromatic amines is 1. The molecular formula is C18H23N5O2. The lowest BCUT2D eigenvalue weighted by Crippen LogP contribution is -2.49. The van der Waals surface area contributed by atoms with Crippen LogP contribution in [0.2, 0.25) is 0 Å². The van der Waals surface area contributed by atoms with Crippen molar-refractivity contribution in [2.24, 2.45) is 0 Å². The lowest BCUT2D eigenvalue weighted by molar-refractivity contribution is -0.122. The van der Waals surface area contributed by atoms with Crippen LogP contribution in [0.1, 0.15) is 18.5 Å². The highest BCUT2D eigenvalue weighted by atomic mass is 16.2. The maximum Gasteiger partial charge on any atom is 0.271 e. The number of para-hydroxylation sites is 2. The molecule has 0 unspecified atom stereocenters. The molecule has 132 valence electrons. The summed E-state index contributed by atoms with van der Waals surface area (Å²) in [7, 11) is 0. The molecule has 2 N–H and O–H groups in total. The Morgan fingerprint density at radius 1 is 1.16 bits per heavy atom. The molecular weight excluding hydrogens is 318 g/mol. The summed E-state index contributed by atoms with van der Waals surface area (Å²) < 4.78 is 0. The number of rotatable bonds is 5. The van der Waals surface area contributed by atoms with Gasteiger partial charge in [-0.1, -0.05) is 12.1 Å². The number of H-pyrrole nitrogens is 1. The number of carbonyl (C=O) groups excluding carboxylic acids is 1. The molecule has 0 spiro atoms. The molecule has 25 heavy (non-hydrogen) atoms. The molecule has 1 aromatic carbocycles. The number of hydrogen-bond acceptors (Lipinski definition) is 5. The molecule has 7 heteroatoms. The van der Waals surface area contributed by atoms with Crippen LogP contribution in [0.25, 0.3) is 11.0 Å². The van der Waals surface area contributed by atoms with Crippen LogP contribution in [0.15, 0.2) is 29.1 Å². The fourth-order valence-corrected chi connectivity index (χ4v) is 3.20. The number of piperazine rings is 1. The van der Waals surface area contributed by atoms with Crippen LogP contribution in [0, 0.1) is 0 Å². The molecule has 1 aliphatic heterocycles. The van der Waals surface area contributed by atoms with Gasteiger partial charge in [0.1, 0.15) is 5.69 Å². The van der Waals surface area contributed by atoms with E-state index in [9.17, 15) is 9.59 Å². The van der Waals surface area contributed by atoms with Gasteiger partial charge in [-0.05, 0) is 25.0 Å². The first-order valence-electron chi connectivity index (χ1n) is 8.89. The van der Waals surface area contributed by atoms with E-state index >= 15 is 0 Å². The largest absolute Gasteiger partial charge is 0.352 e. The van der Waals surface area contributed by atoms with Crippen LogP contribution in [0.3, 0.4) is 0 Å². The van der Waals surface area contributed by atoms with E-state index in [1.807, 2.05) is 24.3 Å². The molecule has 1 saturated carbocycles. The topological polar surface area (TPSA) is 81.3 Å². The summed E-state index contributed by atoms with van der Waals surface area (Å²) in [4.78, 5) is 35.9. The second kappa shape index (κ2) is 6.93. The van der Waals surface area contributed by atoms with E-state index in [0.717, 1.165) is 50.1 Å². The van der Waals surface area contributed by atoms with E-state index in [2.05, 4.69) is 25.1 Å². The molecule has 1 aliphatic carbocycles. The third-order valence-corrected chi connectivity index (χ3v) is 4.82. The van der Waals surface area contributed by atoms with Gasteiger partial charge in [-0.25, -0.2) is 4.98 Å². The number of hydrogen-bond donors (Lipinski definition) is 2. The molecule has 1 aromatic heterocycles. The minimum absolute atomic E-state index is 0.120. The summed E-state index contributed by atoms with van der Waals surface area (Å²) in [6.07, 6.45) is 2.24. The van der Waals surface area contributed by atoms with Crippen molar-refractivity contribution >= 4 is 16.9 Å². The summed E-state index contributed by atoms with van der Waals surface area (Å²) >= 11 is 0. The van der Waals surface area contributed by atoms with Gasteiger partial charge in [-0.15, -0.1) is 0 Å². The number of aromatic nitrogens is 2. The molecule has 2 fully saturated rings. The smallest absolute Gasteiger partial charge is 0.271 e. The van der Waals surface area contributed by atoms with E-state index in [0.29, 0.717) is 24.8 Å². The average Bonchev–Trinajstić information content (AvgIpc) is 3.41. The Hall–Kier alpha value is -2.25. The van der Waals surface area contributed by atoms with Crippen molar-refractivity contribution in [1.29, 1.82) is 0 Å². The van der Waals surface area contributed by atoms with E-state index < -0.39 is 0 Å². The van der Waals surface area contributed by atoms with Crippen LogP contribution in [-0.4, -0.2) is 64.4 Å². The molecule has 2 aromatic rings. The first kappa shape index (κ1) is 16.2. The summed E-state index contributed by atoms with van der Waals surface area (Å²) in [5, 5.41) is 3.03. The van der Waals surface area contributed by atoms with Crippen molar-refractivity contribution in [2.45, 2.75) is 25.4 Å².